The van der Waals surface area contributed by atoms with E-state index in [1.807, 2.05) is 26.8 Å². The first-order valence-corrected chi connectivity index (χ1v) is 6.75. The van der Waals surface area contributed by atoms with Crippen LogP contribution in [0, 0.1) is 20.8 Å². The Labute approximate surface area is 111 Å². The average Bonchev–Trinajstić information content (AvgIpc) is 2.81. The normalized spacial score (nSPS) is 10.7. The predicted octanol–water partition coefficient (Wildman–Crippen LogP) is 3.26. The third-order valence-corrected chi connectivity index (χ3v) is 3.95. The van der Waals surface area contributed by atoms with Crippen molar-refractivity contribution in [3.05, 3.63) is 45.0 Å². The van der Waals surface area contributed by atoms with E-state index in [1.165, 1.54) is 17.1 Å². The van der Waals surface area contributed by atoms with Gasteiger partial charge in [0.2, 0.25) is 5.78 Å². The molecule has 0 spiro atoms. The highest BCUT2D eigenvalue weighted by Gasteiger charge is 2.19. The van der Waals surface area contributed by atoms with Crippen LogP contribution in [-0.2, 0) is 6.42 Å². The monoisotopic (exact) mass is 260 g/mol. The first kappa shape index (κ1) is 12.9. The maximum absolute atomic E-state index is 12.5. The van der Waals surface area contributed by atoms with E-state index in [4.69, 9.17) is 0 Å². The number of carbonyl (C=O) groups is 1. The fraction of sp³-hybridized carbons (Fsp3) is 0.357. The second-order valence-electron chi connectivity index (χ2n) is 4.48. The van der Waals surface area contributed by atoms with Crippen molar-refractivity contribution in [3.63, 3.8) is 0 Å². The lowest BCUT2D eigenvalue weighted by Gasteiger charge is -2.08. The summed E-state index contributed by atoms with van der Waals surface area (Å²) < 4.78 is 3.88. The lowest BCUT2D eigenvalue weighted by Crippen LogP contribution is -2.05. The number of ketones is 1. The maximum Gasteiger partial charge on any atom is 0.206 e. The molecule has 0 saturated carbocycles. The van der Waals surface area contributed by atoms with Crippen molar-refractivity contribution in [1.29, 1.82) is 0 Å². The molecule has 2 aromatic rings. The number of hydrogen-bond acceptors (Lipinski definition) is 4. The topological polar surface area (TPSA) is 42.9 Å². The smallest absolute Gasteiger partial charge is 0.206 e. The van der Waals surface area contributed by atoms with Crippen molar-refractivity contribution < 1.29 is 4.79 Å². The Bertz CT molecular complexity index is 602. The molecule has 0 bridgehead atoms. The van der Waals surface area contributed by atoms with Crippen LogP contribution in [-0.4, -0.2) is 15.4 Å². The number of hydrogen-bond donors (Lipinski definition) is 0. The summed E-state index contributed by atoms with van der Waals surface area (Å²) in [7, 11) is 0. The summed E-state index contributed by atoms with van der Waals surface area (Å²) in [5, 5.41) is 4.00. The van der Waals surface area contributed by atoms with Crippen LogP contribution in [0.4, 0.5) is 0 Å². The van der Waals surface area contributed by atoms with E-state index in [0.29, 0.717) is 4.88 Å². The Kier molecular flexibility index (Phi) is 3.57. The van der Waals surface area contributed by atoms with Crippen LogP contribution in [0.3, 0.4) is 0 Å². The molecule has 0 amide bonds. The molecule has 0 atom stereocenters. The van der Waals surface area contributed by atoms with Crippen LogP contribution >= 0.6 is 11.5 Å². The lowest BCUT2D eigenvalue weighted by atomic mass is 9.97. The van der Waals surface area contributed by atoms with E-state index in [9.17, 15) is 4.79 Å². The third kappa shape index (κ3) is 2.20. The van der Waals surface area contributed by atoms with Gasteiger partial charge < -0.3 is 0 Å². The molecule has 0 N–H and O–H groups in total. The highest BCUT2D eigenvalue weighted by atomic mass is 32.1. The molecule has 0 unspecified atom stereocenters. The average molecular weight is 260 g/mol. The van der Waals surface area contributed by atoms with E-state index in [0.717, 1.165) is 28.8 Å². The third-order valence-electron chi connectivity index (χ3n) is 3.18. The molecule has 0 radical (unpaired) electrons. The summed E-state index contributed by atoms with van der Waals surface area (Å²) in [5.74, 6) is 0.0439. The fourth-order valence-corrected chi connectivity index (χ4v) is 2.64. The quantitative estimate of drug-likeness (QED) is 0.796. The van der Waals surface area contributed by atoms with Crippen LogP contribution in [0.5, 0.6) is 0 Å². The van der Waals surface area contributed by atoms with Crippen LogP contribution in [0.25, 0.3) is 0 Å². The molecule has 0 aliphatic carbocycles. The van der Waals surface area contributed by atoms with Crippen LogP contribution < -0.4 is 0 Å². The molecule has 0 aliphatic rings. The van der Waals surface area contributed by atoms with Gasteiger partial charge in [0.1, 0.15) is 4.88 Å². The van der Waals surface area contributed by atoms with E-state index in [-0.39, 0.29) is 5.78 Å². The summed E-state index contributed by atoms with van der Waals surface area (Å²) >= 11 is 1.19. The van der Waals surface area contributed by atoms with Gasteiger partial charge in [-0.2, -0.15) is 0 Å². The van der Waals surface area contributed by atoms with Gasteiger partial charge in [-0.3, -0.25) is 4.79 Å². The number of nitrogens with zero attached hydrogens (tertiary/aromatic N) is 2. The molecule has 2 rings (SSSR count). The Morgan fingerprint density at radius 2 is 1.83 bits per heavy atom. The van der Waals surface area contributed by atoms with Gasteiger partial charge in [0.25, 0.3) is 0 Å². The zero-order valence-electron chi connectivity index (χ0n) is 11.1. The molecule has 1 aromatic carbocycles. The van der Waals surface area contributed by atoms with E-state index in [1.54, 1.807) is 0 Å². The Morgan fingerprint density at radius 1 is 1.17 bits per heavy atom. The van der Waals surface area contributed by atoms with Crippen molar-refractivity contribution in [3.8, 4) is 0 Å². The van der Waals surface area contributed by atoms with Crippen molar-refractivity contribution >= 4 is 17.3 Å². The standard InChI is InChI=1S/C14H16N2OS/c1-5-12-14(18-16-15-12)13(17)11-7-9(3)8(2)6-10(11)4/h6-7H,5H2,1-4H3. The SMILES string of the molecule is CCc1nnsc1C(=O)c1cc(C)c(C)cc1C. The molecule has 1 heterocycles. The van der Waals surface area contributed by atoms with Gasteiger partial charge in [-0.05, 0) is 61.5 Å². The molecule has 0 saturated heterocycles. The zero-order valence-corrected chi connectivity index (χ0v) is 11.9. The summed E-state index contributed by atoms with van der Waals surface area (Å²) in [6, 6.07) is 4.02. The molecule has 0 aliphatic heterocycles. The van der Waals surface area contributed by atoms with Crippen LogP contribution in [0.2, 0.25) is 0 Å². The van der Waals surface area contributed by atoms with Crippen molar-refractivity contribution in [2.75, 3.05) is 0 Å². The zero-order chi connectivity index (χ0) is 13.3. The summed E-state index contributed by atoms with van der Waals surface area (Å²) in [6.07, 6.45) is 0.738. The molecular weight excluding hydrogens is 244 g/mol. The Morgan fingerprint density at radius 3 is 2.50 bits per heavy atom. The van der Waals surface area contributed by atoms with Crippen molar-refractivity contribution in [2.24, 2.45) is 0 Å². The van der Waals surface area contributed by atoms with Gasteiger partial charge in [0, 0.05) is 5.56 Å². The number of rotatable bonds is 3. The van der Waals surface area contributed by atoms with Gasteiger partial charge in [-0.15, -0.1) is 5.10 Å². The van der Waals surface area contributed by atoms with E-state index in [2.05, 4.69) is 22.6 Å². The Balaban J connectivity index is 2.50. The summed E-state index contributed by atoms with van der Waals surface area (Å²) in [4.78, 5) is 13.2. The number of carbonyl (C=O) groups excluding carboxylic acids is 1. The van der Waals surface area contributed by atoms with Gasteiger partial charge >= 0.3 is 0 Å². The number of benzene rings is 1. The highest BCUT2D eigenvalue weighted by molar-refractivity contribution is 7.08. The highest BCUT2D eigenvalue weighted by Crippen LogP contribution is 2.22. The van der Waals surface area contributed by atoms with Gasteiger partial charge in [0.05, 0.1) is 5.69 Å². The number of aromatic nitrogens is 2. The molecule has 4 heteroatoms. The number of aryl methyl sites for hydroxylation is 4. The van der Waals surface area contributed by atoms with Crippen molar-refractivity contribution in [2.45, 2.75) is 34.1 Å². The lowest BCUT2D eigenvalue weighted by molar-refractivity contribution is 0.104. The summed E-state index contributed by atoms with van der Waals surface area (Å²) in [5.41, 5.74) is 4.92. The molecule has 18 heavy (non-hydrogen) atoms. The molecule has 94 valence electrons. The summed E-state index contributed by atoms with van der Waals surface area (Å²) in [6.45, 7) is 8.04. The second kappa shape index (κ2) is 4.98. The minimum atomic E-state index is 0.0439. The fourth-order valence-electron chi connectivity index (χ4n) is 1.94. The minimum Gasteiger partial charge on any atom is -0.288 e. The van der Waals surface area contributed by atoms with Crippen LogP contribution in [0.15, 0.2) is 12.1 Å². The van der Waals surface area contributed by atoms with Gasteiger partial charge in [0.15, 0.2) is 0 Å². The molecule has 3 nitrogen and oxygen atoms in total. The van der Waals surface area contributed by atoms with Gasteiger partial charge in [-0.25, -0.2) is 0 Å². The van der Waals surface area contributed by atoms with E-state index < -0.39 is 0 Å². The minimum absolute atomic E-state index is 0.0439. The first-order chi connectivity index (χ1) is 8.54. The second-order valence-corrected chi connectivity index (χ2v) is 5.24. The maximum atomic E-state index is 12.5. The molecular formula is C14H16N2OS. The van der Waals surface area contributed by atoms with Crippen molar-refractivity contribution in [1.82, 2.24) is 9.59 Å². The van der Waals surface area contributed by atoms with Crippen LogP contribution in [0.1, 0.15) is 44.5 Å². The molecule has 1 aromatic heterocycles. The molecule has 0 fully saturated rings. The largest absolute Gasteiger partial charge is 0.288 e. The first-order valence-electron chi connectivity index (χ1n) is 5.98. The van der Waals surface area contributed by atoms with E-state index >= 15 is 0 Å². The Hall–Kier alpha value is -1.55. The van der Waals surface area contributed by atoms with Gasteiger partial charge in [-0.1, -0.05) is 17.5 Å². The predicted molar refractivity (Wildman–Crippen MR) is 73.4 cm³/mol.